The molecule has 2 aromatic rings. The molecule has 38 heavy (non-hydrogen) atoms. The summed E-state index contributed by atoms with van der Waals surface area (Å²) < 4.78 is 27.0. The third-order valence-electron chi connectivity index (χ3n) is 5.95. The summed E-state index contributed by atoms with van der Waals surface area (Å²) in [7, 11) is 2.68. The fourth-order valence-electron chi connectivity index (χ4n) is 3.82. The van der Waals surface area contributed by atoms with Gasteiger partial charge in [0.05, 0.1) is 33.5 Å². The molecular weight excluding hydrogens is 504 g/mol. The smallest absolute Gasteiger partial charge is 0.330 e. The van der Waals surface area contributed by atoms with Crippen molar-refractivity contribution in [2.45, 2.75) is 43.2 Å². The minimum atomic E-state index is -1.66. The first kappa shape index (κ1) is 29.2. The van der Waals surface area contributed by atoms with Gasteiger partial charge in [0.25, 0.3) is 0 Å². The van der Waals surface area contributed by atoms with Crippen molar-refractivity contribution in [3.05, 3.63) is 53.6 Å². The predicted molar refractivity (Wildman–Crippen MR) is 132 cm³/mol. The highest BCUT2D eigenvalue weighted by Crippen LogP contribution is 2.41. The van der Waals surface area contributed by atoms with Crippen molar-refractivity contribution in [3.63, 3.8) is 0 Å². The molecule has 1 aliphatic heterocycles. The molecule has 0 saturated carbocycles. The standard InChI is InChI=1S/C26H32O12/c1-34-18-11-15(12-19(35-2)22(18)30)17(37-26-25(33)24(32)23(31)20(13-27)38-26)9-10-36-21(29)8-5-14-3-6-16(28)7-4-14/h3-8,11-12,17,20,23-28,30-33H,9-10,13H2,1-2H3/b8-5+/t17?,20-,23-,24+,25-,26-/m1/s1. The van der Waals surface area contributed by atoms with Crippen molar-refractivity contribution in [3.8, 4) is 23.0 Å². The second-order valence-corrected chi connectivity index (χ2v) is 8.48. The topological polar surface area (TPSA) is 185 Å². The summed E-state index contributed by atoms with van der Waals surface area (Å²) in [6.45, 7) is -0.784. The van der Waals surface area contributed by atoms with Crippen LogP contribution in [-0.2, 0) is 19.0 Å². The molecular formula is C26H32O12. The second-order valence-electron chi connectivity index (χ2n) is 8.48. The van der Waals surface area contributed by atoms with Gasteiger partial charge in [-0.05, 0) is 41.5 Å². The van der Waals surface area contributed by atoms with Crippen molar-refractivity contribution in [2.75, 3.05) is 27.4 Å². The third-order valence-corrected chi connectivity index (χ3v) is 5.95. The maximum atomic E-state index is 12.2. The molecule has 1 aliphatic rings. The summed E-state index contributed by atoms with van der Waals surface area (Å²) in [5.74, 6) is -0.675. The Morgan fingerprint density at radius 2 is 1.63 bits per heavy atom. The maximum absolute atomic E-state index is 12.2. The molecule has 3 rings (SSSR count). The van der Waals surface area contributed by atoms with Crippen molar-refractivity contribution in [2.24, 2.45) is 0 Å². The Kier molecular flexibility index (Phi) is 10.3. The van der Waals surface area contributed by atoms with Crippen LogP contribution in [0.15, 0.2) is 42.5 Å². The lowest BCUT2D eigenvalue weighted by Gasteiger charge is -2.41. The molecule has 1 fully saturated rings. The van der Waals surface area contributed by atoms with E-state index in [-0.39, 0.29) is 36.0 Å². The van der Waals surface area contributed by atoms with E-state index in [4.69, 9.17) is 23.7 Å². The Bertz CT molecular complexity index is 1060. The highest BCUT2D eigenvalue weighted by atomic mass is 16.7. The summed E-state index contributed by atoms with van der Waals surface area (Å²) >= 11 is 0. The number of aromatic hydroxyl groups is 2. The van der Waals surface area contributed by atoms with E-state index in [2.05, 4.69) is 0 Å². The van der Waals surface area contributed by atoms with E-state index in [0.717, 1.165) is 0 Å². The first-order chi connectivity index (χ1) is 18.2. The highest BCUT2D eigenvalue weighted by Gasteiger charge is 2.45. The number of aliphatic hydroxyl groups excluding tert-OH is 4. The molecule has 1 heterocycles. The number of methoxy groups -OCH3 is 2. The molecule has 0 bridgehead atoms. The van der Waals surface area contributed by atoms with Gasteiger partial charge in [-0.1, -0.05) is 12.1 Å². The van der Waals surface area contributed by atoms with Gasteiger partial charge in [-0.3, -0.25) is 0 Å². The molecule has 208 valence electrons. The van der Waals surface area contributed by atoms with E-state index in [0.29, 0.717) is 11.1 Å². The van der Waals surface area contributed by atoms with Crippen molar-refractivity contribution in [1.29, 1.82) is 0 Å². The molecule has 12 heteroatoms. The molecule has 0 spiro atoms. The van der Waals surface area contributed by atoms with Gasteiger partial charge in [-0.25, -0.2) is 4.79 Å². The molecule has 0 radical (unpaired) electrons. The maximum Gasteiger partial charge on any atom is 0.330 e. The molecule has 6 atom stereocenters. The van der Waals surface area contributed by atoms with E-state index in [1.807, 2.05) is 0 Å². The zero-order chi connectivity index (χ0) is 27.8. The lowest BCUT2D eigenvalue weighted by atomic mass is 9.99. The predicted octanol–water partition coefficient (Wildman–Crippen LogP) is 0.619. The van der Waals surface area contributed by atoms with Gasteiger partial charge in [0.2, 0.25) is 5.75 Å². The molecule has 2 aromatic carbocycles. The van der Waals surface area contributed by atoms with E-state index in [1.54, 1.807) is 12.1 Å². The van der Waals surface area contributed by atoms with Crippen LogP contribution in [0.5, 0.6) is 23.0 Å². The Morgan fingerprint density at radius 1 is 1.00 bits per heavy atom. The van der Waals surface area contributed by atoms with Crippen molar-refractivity contribution < 1.29 is 59.1 Å². The van der Waals surface area contributed by atoms with E-state index in [9.17, 15) is 35.4 Å². The van der Waals surface area contributed by atoms with Crippen molar-refractivity contribution >= 4 is 12.0 Å². The average molecular weight is 537 g/mol. The number of carbonyl (C=O) groups is 1. The van der Waals surface area contributed by atoms with Gasteiger partial charge in [0.1, 0.15) is 30.2 Å². The van der Waals surface area contributed by atoms with Crippen LogP contribution in [-0.4, -0.2) is 94.7 Å². The van der Waals surface area contributed by atoms with Gasteiger partial charge >= 0.3 is 5.97 Å². The van der Waals surface area contributed by atoms with E-state index < -0.39 is 49.4 Å². The summed E-state index contributed by atoms with van der Waals surface area (Å²) in [6.07, 6.45) is -5.73. The van der Waals surface area contributed by atoms with Gasteiger partial charge in [-0.15, -0.1) is 0 Å². The van der Waals surface area contributed by atoms with E-state index >= 15 is 0 Å². The zero-order valence-corrected chi connectivity index (χ0v) is 20.8. The van der Waals surface area contributed by atoms with Crippen LogP contribution in [0.2, 0.25) is 0 Å². The fourth-order valence-corrected chi connectivity index (χ4v) is 3.82. The first-order valence-electron chi connectivity index (χ1n) is 11.7. The van der Waals surface area contributed by atoms with Gasteiger partial charge in [-0.2, -0.15) is 0 Å². The fraction of sp³-hybridized carbons (Fsp3) is 0.423. The first-order valence-corrected chi connectivity index (χ1v) is 11.7. The highest BCUT2D eigenvalue weighted by molar-refractivity contribution is 5.87. The summed E-state index contributed by atoms with van der Waals surface area (Å²) in [5.41, 5.74) is 1.07. The summed E-state index contributed by atoms with van der Waals surface area (Å²) in [5, 5.41) is 59.7. The zero-order valence-electron chi connectivity index (χ0n) is 20.8. The number of phenols is 2. The number of rotatable bonds is 11. The number of hydrogen-bond donors (Lipinski definition) is 6. The minimum Gasteiger partial charge on any atom is -0.508 e. The number of phenolic OH excluding ortho intramolecular Hbond substituents is 2. The quantitative estimate of drug-likeness (QED) is 0.174. The van der Waals surface area contributed by atoms with E-state index in [1.165, 1.54) is 50.6 Å². The molecule has 12 nitrogen and oxygen atoms in total. The number of aliphatic hydroxyl groups is 4. The normalized spacial score (nSPS) is 24.2. The number of carbonyl (C=O) groups excluding carboxylic acids is 1. The number of ether oxygens (including phenoxy) is 5. The van der Waals surface area contributed by atoms with Crippen LogP contribution >= 0.6 is 0 Å². The second kappa shape index (κ2) is 13.4. The third kappa shape index (κ3) is 7.13. The Labute approximate surface area is 218 Å². The molecule has 6 N–H and O–H groups in total. The lowest BCUT2D eigenvalue weighted by Crippen LogP contribution is -2.59. The number of hydrogen-bond acceptors (Lipinski definition) is 12. The molecule has 0 amide bonds. The Morgan fingerprint density at radius 3 is 2.21 bits per heavy atom. The van der Waals surface area contributed by atoms with Gasteiger partial charge < -0.3 is 54.3 Å². The van der Waals surface area contributed by atoms with Crippen LogP contribution in [0.25, 0.3) is 6.08 Å². The van der Waals surface area contributed by atoms with Crippen LogP contribution in [0, 0.1) is 0 Å². The average Bonchev–Trinajstić information content (AvgIpc) is 2.92. The molecule has 0 aliphatic carbocycles. The lowest BCUT2D eigenvalue weighted by molar-refractivity contribution is -0.313. The minimum absolute atomic E-state index is 0.0326. The van der Waals surface area contributed by atoms with Gasteiger partial charge in [0, 0.05) is 12.5 Å². The SMILES string of the molecule is COc1cc(C(CCOC(=O)/C=C/c2ccc(O)cc2)O[C@@H]2O[C@H](CO)[C@@H](O)[C@H](O)[C@H]2O)cc(OC)c1O. The Hall–Kier alpha value is -3.39. The molecule has 1 unspecified atom stereocenters. The van der Waals surface area contributed by atoms with Crippen LogP contribution in [0.1, 0.15) is 23.7 Å². The summed E-state index contributed by atoms with van der Waals surface area (Å²) in [4.78, 5) is 12.2. The number of esters is 1. The summed E-state index contributed by atoms with van der Waals surface area (Å²) in [6, 6.07) is 9.11. The number of benzene rings is 2. The van der Waals surface area contributed by atoms with Crippen LogP contribution in [0.4, 0.5) is 0 Å². The van der Waals surface area contributed by atoms with Crippen LogP contribution < -0.4 is 9.47 Å². The van der Waals surface area contributed by atoms with Crippen molar-refractivity contribution in [1.82, 2.24) is 0 Å². The molecule has 1 saturated heterocycles. The largest absolute Gasteiger partial charge is 0.508 e. The Balaban J connectivity index is 1.77. The van der Waals surface area contributed by atoms with Gasteiger partial charge in [0.15, 0.2) is 17.8 Å². The monoisotopic (exact) mass is 536 g/mol. The molecule has 0 aromatic heterocycles. The van der Waals surface area contributed by atoms with Crippen LogP contribution in [0.3, 0.4) is 0 Å².